The summed E-state index contributed by atoms with van der Waals surface area (Å²) in [5.41, 5.74) is -0.0271. The van der Waals surface area contributed by atoms with E-state index in [0.717, 1.165) is 59.6 Å². The van der Waals surface area contributed by atoms with Crippen molar-refractivity contribution in [1.82, 2.24) is 24.3 Å². The van der Waals surface area contributed by atoms with Gasteiger partial charge in [-0.1, -0.05) is 17.8 Å². The number of fused-ring (bicyclic) bond motifs is 3. The molecule has 0 bridgehead atoms. The molecule has 0 amide bonds. The zero-order chi connectivity index (χ0) is 87.4. The predicted molar refractivity (Wildman–Crippen MR) is 423 cm³/mol. The number of aromatic hydroxyl groups is 1. The SMILES string of the molecule is COc1ccc2c(c1)nc1c(C#N)c(C)c(N=Nc3cc(C)c(N=Nc4cc(Nc5nc(Nc6cccc(S(=O)(=O)O)c6)nc(SCCCS(=O)(=O)O)n5)c(N=Nc5cc(C)c(N=Nc6ccc([N+](=O)[O-])cc6S(=O)(=O)O)cc5SCCCS(=O)(=O)O)cc4SCCCS(=O)(=O)O)cc3OCCCS(=O)(=O)O)c(O)n12.O=S(=O)=O.O=S(=O)=O. The Morgan fingerprint density at radius 1 is 0.551 bits per heavy atom. The molecule has 118 heavy (non-hydrogen) atoms. The zero-order valence-electron chi connectivity index (χ0n) is 60.5. The number of rotatable bonds is 36. The fraction of sp³-hybridized carbons (Fsp3) is 0.262. The van der Waals surface area contributed by atoms with Crippen molar-refractivity contribution in [3.05, 3.63) is 129 Å². The van der Waals surface area contributed by atoms with Gasteiger partial charge in [-0.2, -0.15) is 80.9 Å². The van der Waals surface area contributed by atoms with Gasteiger partial charge < -0.3 is 25.2 Å². The van der Waals surface area contributed by atoms with Crippen molar-refractivity contribution in [2.75, 3.05) is 64.6 Å². The molecule has 0 aliphatic heterocycles. The first-order valence-corrected chi connectivity index (χ1v) is 46.6. The number of hydrogen-bond acceptors (Lipinski definition) is 41. The van der Waals surface area contributed by atoms with E-state index >= 15 is 0 Å². The Kier molecular flexibility index (Phi) is 32.9. The highest BCUT2D eigenvalue weighted by atomic mass is 32.2. The molecule has 0 aliphatic rings. The number of imidazole rings is 1. The minimum atomic E-state index is -5.13. The number of thioether (sulfide) groups is 3. The summed E-state index contributed by atoms with van der Waals surface area (Å²) in [6.07, 6.45) is -0.685. The second-order valence-electron chi connectivity index (χ2n) is 23.5. The molecular formula is C61H61N17O29S11. The number of nitrogens with one attached hydrogen (secondary N) is 2. The van der Waals surface area contributed by atoms with Crippen molar-refractivity contribution in [3.8, 4) is 23.4 Å². The normalized spacial score (nSPS) is 12.2. The van der Waals surface area contributed by atoms with Crippen LogP contribution in [0.2, 0.25) is 0 Å². The second-order valence-corrected chi connectivity index (χ2v) is 36.8. The number of nitro groups is 1. The molecule has 3 aromatic heterocycles. The highest BCUT2D eigenvalue weighted by Crippen LogP contribution is 2.46. The summed E-state index contributed by atoms with van der Waals surface area (Å²) in [6.45, 7) is 4.24. The highest BCUT2D eigenvalue weighted by molar-refractivity contribution is 8.00. The molecule has 0 unspecified atom stereocenters. The molecule has 0 saturated heterocycles. The molecule has 9 rings (SSSR count). The van der Waals surface area contributed by atoms with Gasteiger partial charge in [0.1, 0.15) is 50.8 Å². The van der Waals surface area contributed by atoms with Crippen LogP contribution in [0.3, 0.4) is 0 Å². The molecule has 0 spiro atoms. The van der Waals surface area contributed by atoms with E-state index in [-0.39, 0.29) is 156 Å². The van der Waals surface area contributed by atoms with Crippen LogP contribution in [0.15, 0.2) is 163 Å². The fourth-order valence-electron chi connectivity index (χ4n) is 9.77. The van der Waals surface area contributed by atoms with Crippen molar-refractivity contribution >= 4 is 208 Å². The Labute approximate surface area is 685 Å². The maximum absolute atomic E-state index is 12.4. The van der Waals surface area contributed by atoms with Crippen LogP contribution in [0.1, 0.15) is 47.9 Å². The number of methoxy groups -OCH3 is 1. The monoisotopic (exact) mass is 1850 g/mol. The maximum atomic E-state index is 12.4. The number of azo groups is 4. The Bertz CT molecular complexity index is 6510. The van der Waals surface area contributed by atoms with Gasteiger partial charge in [0.15, 0.2) is 16.5 Å². The molecule has 46 nitrogen and oxygen atoms in total. The molecular weight excluding hydrogens is 1790 g/mol. The lowest BCUT2D eigenvalue weighted by Gasteiger charge is -2.14. The van der Waals surface area contributed by atoms with Gasteiger partial charge in [-0.25, -0.2) is 4.98 Å². The van der Waals surface area contributed by atoms with E-state index in [1.54, 1.807) is 25.1 Å². The van der Waals surface area contributed by atoms with Crippen LogP contribution in [0.5, 0.6) is 17.4 Å². The summed E-state index contributed by atoms with van der Waals surface area (Å²) in [5, 5.41) is 74.8. The Morgan fingerprint density at radius 3 is 1.59 bits per heavy atom. The number of pyridine rings is 1. The van der Waals surface area contributed by atoms with E-state index in [2.05, 4.69) is 77.6 Å². The van der Waals surface area contributed by atoms with E-state index in [9.17, 15) is 98.3 Å². The summed E-state index contributed by atoms with van der Waals surface area (Å²) < 4.78 is 266. The van der Waals surface area contributed by atoms with E-state index in [1.165, 1.54) is 73.9 Å². The lowest BCUT2D eigenvalue weighted by Crippen LogP contribution is -2.08. The summed E-state index contributed by atoms with van der Waals surface area (Å²) in [7, 11) is -32.6. The number of aryl methyl sites for hydroxylation is 2. The van der Waals surface area contributed by atoms with Crippen LogP contribution in [-0.2, 0) is 81.9 Å². The summed E-state index contributed by atoms with van der Waals surface area (Å²) in [4.78, 5) is 27.5. The number of nitro benzene ring substituents is 1. The van der Waals surface area contributed by atoms with Crippen LogP contribution < -0.4 is 20.1 Å². The summed E-state index contributed by atoms with van der Waals surface area (Å²) >= 11 is 2.83. The molecule has 630 valence electrons. The Morgan fingerprint density at radius 2 is 1.05 bits per heavy atom. The van der Waals surface area contributed by atoms with E-state index in [0.29, 0.717) is 28.4 Å². The zero-order valence-corrected chi connectivity index (χ0v) is 69.5. The minimum Gasteiger partial charge on any atom is -0.497 e. The average Bonchev–Trinajstić information content (AvgIpc) is 1.58. The molecule has 0 atom stereocenters. The van der Waals surface area contributed by atoms with Crippen molar-refractivity contribution in [3.63, 3.8) is 0 Å². The van der Waals surface area contributed by atoms with E-state index in [4.69, 9.17) is 34.7 Å². The van der Waals surface area contributed by atoms with Crippen molar-refractivity contribution in [1.29, 1.82) is 5.26 Å². The molecule has 0 aliphatic carbocycles. The van der Waals surface area contributed by atoms with Gasteiger partial charge in [0, 0.05) is 51.1 Å². The number of hydrogen-bond donors (Lipinski definition) is 9. The van der Waals surface area contributed by atoms with Crippen LogP contribution in [0, 0.1) is 42.2 Å². The maximum Gasteiger partial charge on any atom is 0.425 e. The lowest BCUT2D eigenvalue weighted by atomic mass is 10.1. The minimum absolute atomic E-state index is 0.00702. The van der Waals surface area contributed by atoms with Gasteiger partial charge in [0.25, 0.3) is 66.4 Å². The standard InChI is InChI=1S/C61H61N17O23S9.2O3S/c1-34-24-48(73-76-56-36(3)41(33-62)57-64-47-28-39(100-4)13-15-51(47)77(57)58(56)79)52(101-16-6-20-105(82,83)84)30-43(34)70-75-50-29-45(65-60-66-59(63-37-10-5-11-40(26-37)109(94,95)96)67-61(68-60)104-19-9-23-108(91,92)93)46(32-54(50)103-18-8-22-107(88,89)90)72-74-49-25-35(2)44(31-53(49)102-17-7-21-106(85,86)87)71-69-42-14-12-38(78(80)81)27-55(42)110(97,98)99;2*1-4(2)3/h5,10-15,24-32,79H,6-9,16-23H2,1-4H3,(H,82,83,84)(H,85,86,87)(H,88,89,90)(H,91,92,93)(H,94,95,96)(H,97,98,99)(H2,63,65,66,67,68);;. The third-order valence-corrected chi connectivity index (χ3v) is 23.1. The van der Waals surface area contributed by atoms with Crippen molar-refractivity contribution < 1.29 is 123 Å². The number of nitriles is 1. The van der Waals surface area contributed by atoms with E-state index in [1.807, 2.05) is 0 Å². The van der Waals surface area contributed by atoms with Gasteiger partial charge in [-0.05, 0) is 136 Å². The van der Waals surface area contributed by atoms with Crippen LogP contribution in [0.4, 0.5) is 74.5 Å². The molecule has 3 heterocycles. The first-order chi connectivity index (χ1) is 55.1. The fourth-order valence-corrected chi connectivity index (χ4v) is 16.2. The Hall–Kier alpha value is -10.7. The summed E-state index contributed by atoms with van der Waals surface area (Å²) in [5.74, 6) is -3.67. The number of aromatic nitrogens is 5. The van der Waals surface area contributed by atoms with Gasteiger partial charge in [0.05, 0.1) is 80.3 Å². The number of nitrogens with zero attached hydrogens (tertiary/aromatic N) is 15. The van der Waals surface area contributed by atoms with Gasteiger partial charge in [0.2, 0.25) is 17.8 Å². The quantitative estimate of drug-likeness (QED) is 0.00440. The number of benzene rings is 6. The molecule has 57 heteroatoms. The number of anilines is 4. The van der Waals surface area contributed by atoms with Crippen molar-refractivity contribution in [2.45, 2.75) is 71.2 Å². The largest absolute Gasteiger partial charge is 0.497 e. The Balaban J connectivity index is 0.00000229. The topological polar surface area (TPSA) is 713 Å². The molecule has 0 radical (unpaired) electrons. The van der Waals surface area contributed by atoms with E-state index < -0.39 is 137 Å². The van der Waals surface area contributed by atoms with Gasteiger partial charge in [-0.3, -0.25) is 41.8 Å². The number of ether oxygens (including phenoxy) is 2. The summed E-state index contributed by atoms with van der Waals surface area (Å²) in [6, 6.07) is 22.5. The second kappa shape index (κ2) is 41.1. The molecule has 9 N–H and O–H groups in total. The van der Waals surface area contributed by atoms with Crippen LogP contribution in [0.25, 0.3) is 16.7 Å². The third kappa shape index (κ3) is 29.4. The van der Waals surface area contributed by atoms with Gasteiger partial charge in [-0.15, -0.1) is 79.5 Å². The van der Waals surface area contributed by atoms with Gasteiger partial charge >= 0.3 is 21.2 Å². The smallest absolute Gasteiger partial charge is 0.425 e. The highest BCUT2D eigenvalue weighted by Gasteiger charge is 2.25. The third-order valence-electron chi connectivity index (χ3n) is 14.9. The van der Waals surface area contributed by atoms with Crippen LogP contribution in [-0.4, -0.2) is 191 Å². The predicted octanol–water partition coefficient (Wildman–Crippen LogP) is 11.5. The lowest BCUT2D eigenvalue weighted by molar-refractivity contribution is -0.385. The molecule has 0 fully saturated rings. The molecule has 0 saturated carbocycles. The molecule has 9 aromatic rings. The average molecular weight is 1850 g/mol. The molecule has 6 aromatic carbocycles. The van der Waals surface area contributed by atoms with Crippen LogP contribution >= 0.6 is 35.3 Å². The first kappa shape index (κ1) is 94.5. The van der Waals surface area contributed by atoms with Crippen molar-refractivity contribution in [2.24, 2.45) is 40.9 Å². The first-order valence-electron chi connectivity index (χ1n) is 32.3. The number of non-ortho nitro benzene ring substituents is 1.